The van der Waals surface area contributed by atoms with E-state index in [1.54, 1.807) is 16.8 Å². The zero-order chi connectivity index (χ0) is 14.0. The maximum Gasteiger partial charge on any atom is 0.129 e. The predicted octanol–water partition coefficient (Wildman–Crippen LogP) is 3.48. The fourth-order valence-electron chi connectivity index (χ4n) is 2.05. The van der Waals surface area contributed by atoms with E-state index in [-0.39, 0.29) is 5.56 Å². The SMILES string of the molecule is CCCn1ncc(Cl)c1C(O)c1cc(C)ccc1F. The average Bonchev–Trinajstić information content (AvgIpc) is 2.73. The Morgan fingerprint density at radius 2 is 2.21 bits per heavy atom. The number of aryl methyl sites for hydroxylation is 2. The third kappa shape index (κ3) is 2.80. The summed E-state index contributed by atoms with van der Waals surface area (Å²) < 4.78 is 15.4. The van der Waals surface area contributed by atoms with Gasteiger partial charge in [0.25, 0.3) is 0 Å². The minimum Gasteiger partial charge on any atom is -0.382 e. The molecule has 0 bridgehead atoms. The van der Waals surface area contributed by atoms with Gasteiger partial charge in [0.1, 0.15) is 11.9 Å². The minimum atomic E-state index is -1.11. The monoisotopic (exact) mass is 282 g/mol. The van der Waals surface area contributed by atoms with Crippen LogP contribution in [-0.2, 0) is 6.54 Å². The van der Waals surface area contributed by atoms with Crippen molar-refractivity contribution in [2.24, 2.45) is 0 Å². The molecule has 1 unspecified atom stereocenters. The lowest BCUT2D eigenvalue weighted by Gasteiger charge is -2.15. The minimum absolute atomic E-state index is 0.222. The van der Waals surface area contributed by atoms with Crippen LogP contribution in [0.1, 0.15) is 36.3 Å². The Balaban J connectivity index is 2.46. The number of rotatable bonds is 4. The highest BCUT2D eigenvalue weighted by atomic mass is 35.5. The van der Waals surface area contributed by atoms with Crippen molar-refractivity contribution in [1.82, 2.24) is 9.78 Å². The summed E-state index contributed by atoms with van der Waals surface area (Å²) in [5.74, 6) is -0.446. The fourth-order valence-corrected chi connectivity index (χ4v) is 2.30. The highest BCUT2D eigenvalue weighted by Crippen LogP contribution is 2.30. The molecule has 0 radical (unpaired) electrons. The molecule has 1 aromatic carbocycles. The Kier molecular flexibility index (Phi) is 4.22. The number of aromatic nitrogens is 2. The lowest BCUT2D eigenvalue weighted by atomic mass is 10.0. The van der Waals surface area contributed by atoms with Crippen LogP contribution in [0.4, 0.5) is 4.39 Å². The molecule has 0 aliphatic heterocycles. The second kappa shape index (κ2) is 5.72. The van der Waals surface area contributed by atoms with E-state index in [1.807, 2.05) is 13.8 Å². The molecule has 3 nitrogen and oxygen atoms in total. The Bertz CT molecular complexity index is 583. The largest absolute Gasteiger partial charge is 0.382 e. The molecule has 1 heterocycles. The Morgan fingerprint density at radius 1 is 1.47 bits per heavy atom. The smallest absolute Gasteiger partial charge is 0.129 e. The van der Waals surface area contributed by atoms with E-state index in [0.717, 1.165) is 12.0 Å². The summed E-state index contributed by atoms with van der Waals surface area (Å²) in [5.41, 5.74) is 1.54. The summed E-state index contributed by atoms with van der Waals surface area (Å²) in [4.78, 5) is 0. The van der Waals surface area contributed by atoms with Crippen LogP contribution in [0.5, 0.6) is 0 Å². The predicted molar refractivity (Wildman–Crippen MR) is 72.7 cm³/mol. The molecule has 0 saturated carbocycles. The highest BCUT2D eigenvalue weighted by molar-refractivity contribution is 6.31. The lowest BCUT2D eigenvalue weighted by molar-refractivity contribution is 0.202. The van der Waals surface area contributed by atoms with E-state index in [9.17, 15) is 9.50 Å². The summed E-state index contributed by atoms with van der Waals surface area (Å²) in [6.07, 6.45) is 1.22. The molecule has 1 atom stereocenters. The molecule has 0 aliphatic rings. The first-order valence-electron chi connectivity index (χ1n) is 6.20. The van der Waals surface area contributed by atoms with Gasteiger partial charge < -0.3 is 5.11 Å². The second-order valence-electron chi connectivity index (χ2n) is 4.53. The Hall–Kier alpha value is -1.39. The molecule has 1 aromatic heterocycles. The number of benzene rings is 1. The number of halogens is 2. The van der Waals surface area contributed by atoms with Crippen LogP contribution in [0.15, 0.2) is 24.4 Å². The Morgan fingerprint density at radius 3 is 2.89 bits per heavy atom. The number of hydrogen-bond donors (Lipinski definition) is 1. The molecule has 0 fully saturated rings. The van der Waals surface area contributed by atoms with E-state index < -0.39 is 11.9 Å². The van der Waals surface area contributed by atoms with Crippen LogP contribution in [0.2, 0.25) is 5.02 Å². The zero-order valence-electron chi connectivity index (χ0n) is 10.9. The third-order valence-corrected chi connectivity index (χ3v) is 3.26. The number of aliphatic hydroxyl groups is 1. The first-order valence-corrected chi connectivity index (χ1v) is 6.57. The van der Waals surface area contributed by atoms with E-state index in [2.05, 4.69) is 5.10 Å². The number of nitrogens with zero attached hydrogens (tertiary/aromatic N) is 2. The first-order chi connectivity index (χ1) is 9.04. The Labute approximate surface area is 116 Å². The van der Waals surface area contributed by atoms with Gasteiger partial charge >= 0.3 is 0 Å². The molecule has 0 aliphatic carbocycles. The van der Waals surface area contributed by atoms with Crippen LogP contribution in [0, 0.1) is 12.7 Å². The van der Waals surface area contributed by atoms with Gasteiger partial charge in [-0.3, -0.25) is 4.68 Å². The molecule has 0 spiro atoms. The summed E-state index contributed by atoms with van der Waals surface area (Å²) in [6, 6.07) is 4.64. The van der Waals surface area contributed by atoms with Crippen molar-refractivity contribution in [2.45, 2.75) is 32.9 Å². The summed E-state index contributed by atoms with van der Waals surface area (Å²) in [5, 5.41) is 14.8. The maximum atomic E-state index is 13.8. The van der Waals surface area contributed by atoms with Crippen molar-refractivity contribution in [3.05, 3.63) is 52.1 Å². The quantitative estimate of drug-likeness (QED) is 0.932. The number of hydrogen-bond acceptors (Lipinski definition) is 2. The first kappa shape index (κ1) is 14.0. The summed E-state index contributed by atoms with van der Waals surface area (Å²) >= 11 is 6.05. The molecule has 1 N–H and O–H groups in total. The molecule has 0 saturated heterocycles. The van der Waals surface area contributed by atoms with Gasteiger partial charge in [0, 0.05) is 12.1 Å². The molecule has 2 aromatic rings. The fraction of sp³-hybridized carbons (Fsp3) is 0.357. The maximum absolute atomic E-state index is 13.8. The zero-order valence-corrected chi connectivity index (χ0v) is 11.7. The highest BCUT2D eigenvalue weighted by Gasteiger charge is 2.22. The van der Waals surface area contributed by atoms with E-state index in [0.29, 0.717) is 17.3 Å². The lowest BCUT2D eigenvalue weighted by Crippen LogP contribution is -2.12. The van der Waals surface area contributed by atoms with Gasteiger partial charge in [-0.05, 0) is 19.4 Å². The van der Waals surface area contributed by atoms with Crippen LogP contribution < -0.4 is 0 Å². The van der Waals surface area contributed by atoms with Gasteiger partial charge in [0.15, 0.2) is 0 Å². The van der Waals surface area contributed by atoms with Gasteiger partial charge in [-0.2, -0.15) is 5.10 Å². The molecule has 0 amide bonds. The number of aliphatic hydroxyl groups excluding tert-OH is 1. The van der Waals surface area contributed by atoms with Crippen LogP contribution in [-0.4, -0.2) is 14.9 Å². The van der Waals surface area contributed by atoms with Crippen LogP contribution in [0.3, 0.4) is 0 Å². The van der Waals surface area contributed by atoms with Gasteiger partial charge in [0.05, 0.1) is 16.9 Å². The molecular formula is C14H16ClFN2O. The standard InChI is InChI=1S/C14H16ClFN2O/c1-3-6-18-13(11(15)8-17-18)14(19)10-7-9(2)4-5-12(10)16/h4-5,7-8,14,19H,3,6H2,1-2H3. The van der Waals surface area contributed by atoms with Gasteiger partial charge in [-0.25, -0.2) is 4.39 Å². The normalized spacial score (nSPS) is 12.7. The van der Waals surface area contributed by atoms with Crippen molar-refractivity contribution in [3.63, 3.8) is 0 Å². The molecule has 102 valence electrons. The van der Waals surface area contributed by atoms with Crippen molar-refractivity contribution in [2.75, 3.05) is 0 Å². The second-order valence-corrected chi connectivity index (χ2v) is 4.94. The summed E-state index contributed by atoms with van der Waals surface area (Å²) in [6.45, 7) is 4.48. The third-order valence-electron chi connectivity index (χ3n) is 2.97. The van der Waals surface area contributed by atoms with Crippen LogP contribution in [0.25, 0.3) is 0 Å². The van der Waals surface area contributed by atoms with Crippen molar-refractivity contribution >= 4 is 11.6 Å². The van der Waals surface area contributed by atoms with Crippen molar-refractivity contribution in [1.29, 1.82) is 0 Å². The van der Waals surface area contributed by atoms with E-state index >= 15 is 0 Å². The summed E-state index contributed by atoms with van der Waals surface area (Å²) in [7, 11) is 0. The van der Waals surface area contributed by atoms with Gasteiger partial charge in [0.2, 0.25) is 0 Å². The van der Waals surface area contributed by atoms with Crippen molar-refractivity contribution in [3.8, 4) is 0 Å². The van der Waals surface area contributed by atoms with Crippen LogP contribution >= 0.6 is 11.6 Å². The molecule has 2 rings (SSSR count). The van der Waals surface area contributed by atoms with E-state index in [4.69, 9.17) is 11.6 Å². The van der Waals surface area contributed by atoms with Gasteiger partial charge in [-0.1, -0.05) is 36.2 Å². The van der Waals surface area contributed by atoms with Gasteiger partial charge in [-0.15, -0.1) is 0 Å². The average molecular weight is 283 g/mol. The molecular weight excluding hydrogens is 267 g/mol. The molecule has 5 heteroatoms. The van der Waals surface area contributed by atoms with E-state index in [1.165, 1.54) is 12.3 Å². The van der Waals surface area contributed by atoms with Crippen molar-refractivity contribution < 1.29 is 9.50 Å². The molecule has 19 heavy (non-hydrogen) atoms. The topological polar surface area (TPSA) is 38.0 Å².